The second-order valence-electron chi connectivity index (χ2n) is 3.65. The van der Waals surface area contributed by atoms with Crippen LogP contribution >= 0.6 is 0 Å². The first-order valence-electron chi connectivity index (χ1n) is 5.11. The number of amides is 2. The summed E-state index contributed by atoms with van der Waals surface area (Å²) in [6.07, 6.45) is -0.279. The van der Waals surface area contributed by atoms with Gasteiger partial charge in [-0.2, -0.15) is 0 Å². The van der Waals surface area contributed by atoms with Gasteiger partial charge in [0.1, 0.15) is 11.6 Å². The van der Waals surface area contributed by atoms with Gasteiger partial charge in [0.25, 0.3) is 0 Å². The molecule has 0 spiro atoms. The Morgan fingerprint density at radius 1 is 1.44 bits per heavy atom. The Balaban J connectivity index is 2.75. The van der Waals surface area contributed by atoms with E-state index in [-0.39, 0.29) is 17.9 Å². The van der Waals surface area contributed by atoms with Gasteiger partial charge in [-0.05, 0) is 6.07 Å². The van der Waals surface area contributed by atoms with Gasteiger partial charge >= 0.3 is 0 Å². The van der Waals surface area contributed by atoms with E-state index in [1.807, 2.05) is 0 Å². The topological polar surface area (TPSA) is 107 Å². The molecule has 1 atom stereocenters. The molecule has 1 aromatic rings. The number of hydrogen-bond donors (Lipinski definition) is 3. The quantitative estimate of drug-likeness (QED) is 0.686. The third kappa shape index (κ3) is 4.02. The highest BCUT2D eigenvalue weighted by molar-refractivity contribution is 5.97. The van der Waals surface area contributed by atoms with Crippen molar-refractivity contribution >= 4 is 17.5 Å². The summed E-state index contributed by atoms with van der Waals surface area (Å²) in [7, 11) is 1.37. The zero-order chi connectivity index (χ0) is 13.7. The second-order valence-corrected chi connectivity index (χ2v) is 3.65. The fourth-order valence-electron chi connectivity index (χ4n) is 1.30. The van der Waals surface area contributed by atoms with Crippen LogP contribution in [0, 0.1) is 5.82 Å². The number of nitrogens with two attached hydrogens (primary N) is 2. The molecule has 0 saturated heterocycles. The van der Waals surface area contributed by atoms with E-state index < -0.39 is 23.7 Å². The lowest BCUT2D eigenvalue weighted by Crippen LogP contribution is -2.39. The van der Waals surface area contributed by atoms with Gasteiger partial charge in [0, 0.05) is 17.8 Å². The monoisotopic (exact) mass is 255 g/mol. The highest BCUT2D eigenvalue weighted by Crippen LogP contribution is 2.19. The largest absolute Gasteiger partial charge is 0.497 e. The fourth-order valence-corrected chi connectivity index (χ4v) is 1.30. The smallest absolute Gasteiger partial charge is 0.241 e. The molecular weight excluding hydrogens is 241 g/mol. The van der Waals surface area contributed by atoms with Crippen molar-refractivity contribution in [2.75, 3.05) is 12.4 Å². The first kappa shape index (κ1) is 13.9. The lowest BCUT2D eigenvalue weighted by molar-refractivity contribution is -0.123. The molecule has 98 valence electrons. The normalized spacial score (nSPS) is 11.7. The molecule has 18 heavy (non-hydrogen) atoms. The molecule has 6 nitrogen and oxygen atoms in total. The summed E-state index contributed by atoms with van der Waals surface area (Å²) in [5.41, 5.74) is 10.5. The summed E-state index contributed by atoms with van der Waals surface area (Å²) in [6, 6.07) is 2.63. The van der Waals surface area contributed by atoms with Gasteiger partial charge in [-0.25, -0.2) is 4.39 Å². The molecular formula is C11H14FN3O3. The number of benzene rings is 1. The molecule has 2 amide bonds. The predicted molar refractivity (Wildman–Crippen MR) is 63.4 cm³/mol. The van der Waals surface area contributed by atoms with Crippen molar-refractivity contribution in [2.45, 2.75) is 12.5 Å². The molecule has 0 heterocycles. The number of anilines is 1. The van der Waals surface area contributed by atoms with Crippen LogP contribution in [0.15, 0.2) is 18.2 Å². The van der Waals surface area contributed by atoms with Crippen molar-refractivity contribution in [3.05, 3.63) is 24.0 Å². The highest BCUT2D eigenvalue weighted by atomic mass is 19.1. The second kappa shape index (κ2) is 5.97. The summed E-state index contributed by atoms with van der Waals surface area (Å²) < 4.78 is 18.0. The summed E-state index contributed by atoms with van der Waals surface area (Å²) in [6.45, 7) is 0. The number of ether oxygens (including phenoxy) is 1. The number of hydrogen-bond acceptors (Lipinski definition) is 4. The maximum absolute atomic E-state index is 13.1. The molecule has 0 aliphatic rings. The Morgan fingerprint density at radius 3 is 2.67 bits per heavy atom. The van der Waals surface area contributed by atoms with Crippen LogP contribution in [0.2, 0.25) is 0 Å². The van der Waals surface area contributed by atoms with Crippen LogP contribution in [0.5, 0.6) is 5.75 Å². The van der Waals surface area contributed by atoms with Crippen LogP contribution in [-0.2, 0) is 9.59 Å². The number of halogens is 1. The van der Waals surface area contributed by atoms with Gasteiger partial charge in [-0.1, -0.05) is 0 Å². The summed E-state index contributed by atoms with van der Waals surface area (Å²) >= 11 is 0. The van der Waals surface area contributed by atoms with E-state index in [0.717, 1.165) is 6.07 Å². The molecule has 0 aliphatic carbocycles. The van der Waals surface area contributed by atoms with Gasteiger partial charge in [-0.3, -0.25) is 9.59 Å². The van der Waals surface area contributed by atoms with Gasteiger partial charge in [-0.15, -0.1) is 0 Å². The van der Waals surface area contributed by atoms with E-state index in [1.54, 1.807) is 0 Å². The van der Waals surface area contributed by atoms with Crippen molar-refractivity contribution in [1.29, 1.82) is 0 Å². The molecule has 0 fully saturated rings. The average molecular weight is 255 g/mol. The van der Waals surface area contributed by atoms with E-state index >= 15 is 0 Å². The van der Waals surface area contributed by atoms with Crippen molar-refractivity contribution in [3.8, 4) is 5.75 Å². The van der Waals surface area contributed by atoms with Crippen LogP contribution in [0.4, 0.5) is 10.1 Å². The van der Waals surface area contributed by atoms with Crippen LogP contribution in [0.25, 0.3) is 0 Å². The SMILES string of the molecule is COc1cc(F)cc(NC(=O)C(N)CC(N)=O)c1. The Labute approximate surface area is 103 Å². The number of methoxy groups -OCH3 is 1. The molecule has 1 rings (SSSR count). The maximum atomic E-state index is 13.1. The minimum Gasteiger partial charge on any atom is -0.497 e. The minimum atomic E-state index is -1.07. The van der Waals surface area contributed by atoms with Gasteiger partial charge < -0.3 is 21.5 Å². The standard InChI is InChI=1S/C11H14FN3O3/c1-18-8-3-6(12)2-7(4-8)15-11(17)9(13)5-10(14)16/h2-4,9H,5,13H2,1H3,(H2,14,16)(H,15,17). The lowest BCUT2D eigenvalue weighted by atomic mass is 10.2. The summed E-state index contributed by atoms with van der Waals surface area (Å²) in [4.78, 5) is 22.2. The van der Waals surface area contributed by atoms with Crippen molar-refractivity contribution in [1.82, 2.24) is 0 Å². The number of carbonyl (C=O) groups is 2. The van der Waals surface area contributed by atoms with E-state index in [0.29, 0.717) is 0 Å². The van der Waals surface area contributed by atoms with Crippen molar-refractivity contribution in [2.24, 2.45) is 11.5 Å². The Hall–Kier alpha value is -2.15. The van der Waals surface area contributed by atoms with Crippen molar-refractivity contribution < 1.29 is 18.7 Å². The highest BCUT2D eigenvalue weighted by Gasteiger charge is 2.16. The average Bonchev–Trinajstić information content (AvgIpc) is 2.27. The Bertz CT molecular complexity index is 465. The third-order valence-corrected chi connectivity index (χ3v) is 2.13. The van der Waals surface area contributed by atoms with Crippen LogP contribution < -0.4 is 21.5 Å². The molecule has 0 aromatic heterocycles. The van der Waals surface area contributed by atoms with Crippen LogP contribution in [0.1, 0.15) is 6.42 Å². The number of rotatable bonds is 5. The molecule has 1 unspecified atom stereocenters. The molecule has 0 radical (unpaired) electrons. The van der Waals surface area contributed by atoms with Gasteiger partial charge in [0.15, 0.2) is 0 Å². The minimum absolute atomic E-state index is 0.191. The maximum Gasteiger partial charge on any atom is 0.241 e. The Morgan fingerprint density at radius 2 is 2.11 bits per heavy atom. The van der Waals surface area contributed by atoms with Crippen LogP contribution in [0.3, 0.4) is 0 Å². The number of nitrogens with one attached hydrogen (secondary N) is 1. The fraction of sp³-hybridized carbons (Fsp3) is 0.273. The predicted octanol–water partition coefficient (Wildman–Crippen LogP) is -0.0245. The third-order valence-electron chi connectivity index (χ3n) is 2.13. The van der Waals surface area contributed by atoms with Crippen molar-refractivity contribution in [3.63, 3.8) is 0 Å². The number of carbonyl (C=O) groups excluding carboxylic acids is 2. The summed E-state index contributed by atoms with van der Waals surface area (Å²) in [5.74, 6) is -1.61. The molecule has 0 aliphatic heterocycles. The first-order chi connectivity index (χ1) is 8.42. The van der Waals surface area contributed by atoms with Gasteiger partial charge in [0.2, 0.25) is 11.8 Å². The zero-order valence-electron chi connectivity index (χ0n) is 9.77. The van der Waals surface area contributed by atoms with Crippen LogP contribution in [-0.4, -0.2) is 25.0 Å². The zero-order valence-corrected chi connectivity index (χ0v) is 9.77. The molecule has 0 bridgehead atoms. The summed E-state index contributed by atoms with van der Waals surface area (Å²) in [5, 5.41) is 2.37. The Kier molecular flexibility index (Phi) is 4.61. The van der Waals surface area contributed by atoms with E-state index in [2.05, 4.69) is 5.32 Å². The lowest BCUT2D eigenvalue weighted by Gasteiger charge is -2.11. The van der Waals surface area contributed by atoms with E-state index in [1.165, 1.54) is 19.2 Å². The molecule has 5 N–H and O–H groups in total. The van der Waals surface area contributed by atoms with E-state index in [9.17, 15) is 14.0 Å². The molecule has 7 heteroatoms. The molecule has 0 saturated carbocycles. The molecule has 1 aromatic carbocycles. The number of primary amides is 1. The van der Waals surface area contributed by atoms with Gasteiger partial charge in [0.05, 0.1) is 19.6 Å². The van der Waals surface area contributed by atoms with E-state index in [4.69, 9.17) is 16.2 Å². The first-order valence-corrected chi connectivity index (χ1v) is 5.11.